The van der Waals surface area contributed by atoms with Gasteiger partial charge in [-0.25, -0.2) is 15.0 Å². The van der Waals surface area contributed by atoms with Crippen LogP contribution in [0.2, 0.25) is 0 Å². The van der Waals surface area contributed by atoms with Gasteiger partial charge in [0.05, 0.1) is 22.5 Å². The highest BCUT2D eigenvalue weighted by Gasteiger charge is 2.38. The number of thioether (sulfide) groups is 2. The minimum Gasteiger partial charge on any atom is -0.359 e. The fourth-order valence-corrected chi connectivity index (χ4v) is 6.94. The van der Waals surface area contributed by atoms with E-state index in [1.807, 2.05) is 44.1 Å². The maximum Gasteiger partial charge on any atom is 0.188 e. The molecular formula is C23H31N7S2. The summed E-state index contributed by atoms with van der Waals surface area (Å²) in [5, 5.41) is 4.84. The van der Waals surface area contributed by atoms with Crippen molar-refractivity contribution in [2.45, 2.75) is 74.2 Å². The minimum atomic E-state index is -0.856. The molecule has 170 valence electrons. The summed E-state index contributed by atoms with van der Waals surface area (Å²) in [4.78, 5) is 21.6. The van der Waals surface area contributed by atoms with E-state index in [1.165, 1.54) is 44.9 Å². The van der Waals surface area contributed by atoms with Crippen LogP contribution >= 0.6 is 23.5 Å². The van der Waals surface area contributed by atoms with Crippen molar-refractivity contribution in [2.24, 2.45) is 5.73 Å². The Morgan fingerprint density at radius 2 is 1.88 bits per heavy atom. The van der Waals surface area contributed by atoms with Crippen LogP contribution in [0.4, 0.5) is 5.82 Å². The fraction of sp³-hybridized carbons (Fsp3) is 0.565. The van der Waals surface area contributed by atoms with E-state index in [2.05, 4.69) is 10.2 Å². The third-order valence-corrected chi connectivity index (χ3v) is 8.69. The number of hydrogen-bond acceptors (Lipinski definition) is 9. The Hall–Kier alpha value is -1.84. The second-order valence-electron chi connectivity index (χ2n) is 8.90. The first-order valence-corrected chi connectivity index (χ1v) is 13.3. The molecule has 1 unspecified atom stereocenters. The number of nitrogens with one attached hydrogen (secondary N) is 1. The van der Waals surface area contributed by atoms with E-state index in [9.17, 15) is 0 Å². The molecule has 2 fully saturated rings. The van der Waals surface area contributed by atoms with Gasteiger partial charge in [0.2, 0.25) is 0 Å². The lowest BCUT2D eigenvalue weighted by Crippen LogP contribution is -2.43. The lowest BCUT2D eigenvalue weighted by atomic mass is 10.0. The molecule has 7 nitrogen and oxygen atoms in total. The average molecular weight is 470 g/mol. The molecule has 1 aliphatic carbocycles. The largest absolute Gasteiger partial charge is 0.359 e. The van der Waals surface area contributed by atoms with Gasteiger partial charge in [-0.2, -0.15) is 0 Å². The normalized spacial score (nSPS) is 24.0. The Labute approximate surface area is 198 Å². The molecule has 3 aliphatic rings. The van der Waals surface area contributed by atoms with Crippen molar-refractivity contribution < 1.29 is 0 Å². The lowest BCUT2D eigenvalue weighted by Gasteiger charge is -2.26. The van der Waals surface area contributed by atoms with E-state index in [0.29, 0.717) is 5.25 Å². The van der Waals surface area contributed by atoms with Crippen LogP contribution in [0.5, 0.6) is 0 Å². The summed E-state index contributed by atoms with van der Waals surface area (Å²) in [6.07, 6.45) is 12.7. The predicted molar refractivity (Wildman–Crippen MR) is 132 cm³/mol. The standard InChI is InChI=1S/C23H31N7S2/c1-15-12-18(29-22(27-15)31-17-8-4-3-5-9-17)19-13-26-23(24,32-19)21-16(2)28-20(14-25-21)30-10-6-7-11-30/h12-14,17,26H,3-11,24H2,1-2H3. The molecule has 0 spiro atoms. The Kier molecular flexibility index (Phi) is 6.31. The monoisotopic (exact) mass is 469 g/mol. The number of aromatic nitrogens is 4. The van der Waals surface area contributed by atoms with E-state index in [1.54, 1.807) is 11.8 Å². The van der Waals surface area contributed by atoms with Crippen molar-refractivity contribution in [1.29, 1.82) is 0 Å². The molecule has 0 radical (unpaired) electrons. The van der Waals surface area contributed by atoms with Crippen molar-refractivity contribution in [3.8, 4) is 0 Å². The molecule has 2 aliphatic heterocycles. The van der Waals surface area contributed by atoms with Gasteiger partial charge in [0, 0.05) is 30.2 Å². The number of anilines is 1. The minimum absolute atomic E-state index is 0.627. The van der Waals surface area contributed by atoms with Gasteiger partial charge in [0.1, 0.15) is 11.5 Å². The van der Waals surface area contributed by atoms with Crippen molar-refractivity contribution in [3.05, 3.63) is 41.2 Å². The lowest BCUT2D eigenvalue weighted by molar-refractivity contribution is 0.515. The van der Waals surface area contributed by atoms with Crippen LogP contribution in [0.1, 0.15) is 67.7 Å². The molecule has 2 aromatic rings. The summed E-state index contributed by atoms with van der Waals surface area (Å²) in [5.74, 6) is 0.944. The summed E-state index contributed by atoms with van der Waals surface area (Å²) in [7, 11) is 0. The zero-order valence-corrected chi connectivity index (χ0v) is 20.4. The third-order valence-electron chi connectivity index (χ3n) is 6.31. The molecule has 32 heavy (non-hydrogen) atoms. The second-order valence-corrected chi connectivity index (χ2v) is 11.5. The van der Waals surface area contributed by atoms with Crippen molar-refractivity contribution in [1.82, 2.24) is 25.3 Å². The van der Waals surface area contributed by atoms with Crippen molar-refractivity contribution in [2.75, 3.05) is 18.0 Å². The van der Waals surface area contributed by atoms with Gasteiger partial charge in [-0.3, -0.25) is 10.7 Å². The first-order valence-electron chi connectivity index (χ1n) is 11.6. The van der Waals surface area contributed by atoms with Gasteiger partial charge >= 0.3 is 0 Å². The molecule has 1 atom stereocenters. The number of aryl methyl sites for hydroxylation is 2. The smallest absolute Gasteiger partial charge is 0.188 e. The third kappa shape index (κ3) is 4.61. The van der Waals surface area contributed by atoms with Crippen LogP contribution in [0.15, 0.2) is 23.6 Å². The summed E-state index contributed by atoms with van der Waals surface area (Å²) in [6.45, 7) is 6.12. The van der Waals surface area contributed by atoms with E-state index < -0.39 is 4.99 Å². The Bertz CT molecular complexity index is 1020. The average Bonchev–Trinajstić information content (AvgIpc) is 3.45. The molecule has 0 bridgehead atoms. The van der Waals surface area contributed by atoms with Crippen LogP contribution in [0.3, 0.4) is 0 Å². The summed E-state index contributed by atoms with van der Waals surface area (Å²) in [5.41, 5.74) is 10.3. The summed E-state index contributed by atoms with van der Waals surface area (Å²) < 4.78 is 0. The predicted octanol–water partition coefficient (Wildman–Crippen LogP) is 4.31. The van der Waals surface area contributed by atoms with Gasteiger partial charge in [-0.15, -0.1) is 0 Å². The quantitative estimate of drug-likeness (QED) is 0.621. The first-order chi connectivity index (χ1) is 15.5. The Balaban J connectivity index is 1.33. The van der Waals surface area contributed by atoms with E-state index in [4.69, 9.17) is 25.7 Å². The molecule has 5 rings (SSSR count). The SMILES string of the molecule is Cc1cc(C2=CNC(N)(c3ncc(N4CCCC4)nc3C)S2)nc(SC2CCCCC2)n1. The van der Waals surface area contributed by atoms with E-state index in [0.717, 1.165) is 51.7 Å². The maximum atomic E-state index is 6.77. The molecule has 0 amide bonds. The van der Waals surface area contributed by atoms with Crippen LogP contribution in [-0.2, 0) is 4.99 Å². The zero-order chi connectivity index (χ0) is 22.1. The summed E-state index contributed by atoms with van der Waals surface area (Å²) in [6, 6.07) is 2.03. The highest BCUT2D eigenvalue weighted by atomic mass is 32.2. The Morgan fingerprint density at radius 3 is 2.62 bits per heavy atom. The number of hydrogen-bond donors (Lipinski definition) is 2. The van der Waals surface area contributed by atoms with Crippen molar-refractivity contribution in [3.63, 3.8) is 0 Å². The first kappa shape index (κ1) is 22.0. The van der Waals surface area contributed by atoms with Crippen LogP contribution in [0, 0.1) is 13.8 Å². The molecule has 9 heteroatoms. The highest BCUT2D eigenvalue weighted by molar-refractivity contribution is 8.09. The zero-order valence-electron chi connectivity index (χ0n) is 18.8. The molecule has 3 N–H and O–H groups in total. The van der Waals surface area contributed by atoms with Gasteiger partial charge in [0.15, 0.2) is 10.2 Å². The topological polar surface area (TPSA) is 92.8 Å². The summed E-state index contributed by atoms with van der Waals surface area (Å²) >= 11 is 3.37. The van der Waals surface area contributed by atoms with Crippen LogP contribution in [0.25, 0.3) is 4.91 Å². The maximum absolute atomic E-state index is 6.77. The number of nitrogens with two attached hydrogens (primary N) is 1. The van der Waals surface area contributed by atoms with Gasteiger partial charge in [-0.05, 0) is 45.6 Å². The van der Waals surface area contributed by atoms with Gasteiger partial charge in [0.25, 0.3) is 0 Å². The van der Waals surface area contributed by atoms with Gasteiger partial charge < -0.3 is 10.2 Å². The molecule has 4 heterocycles. The molecule has 2 aromatic heterocycles. The molecule has 1 saturated carbocycles. The van der Waals surface area contributed by atoms with E-state index in [-0.39, 0.29) is 0 Å². The van der Waals surface area contributed by atoms with Crippen LogP contribution in [-0.4, -0.2) is 38.3 Å². The Morgan fingerprint density at radius 1 is 1.09 bits per heavy atom. The molecule has 0 aromatic carbocycles. The molecular weight excluding hydrogens is 438 g/mol. The fourth-order valence-electron chi connectivity index (χ4n) is 4.63. The van der Waals surface area contributed by atoms with Crippen molar-refractivity contribution >= 4 is 34.2 Å². The highest BCUT2D eigenvalue weighted by Crippen LogP contribution is 2.44. The molecule has 1 saturated heterocycles. The number of nitrogens with zero attached hydrogens (tertiary/aromatic N) is 5. The van der Waals surface area contributed by atoms with Crippen LogP contribution < -0.4 is 16.0 Å². The number of rotatable bonds is 5. The second kappa shape index (κ2) is 9.19. The van der Waals surface area contributed by atoms with Gasteiger partial charge in [-0.1, -0.05) is 42.8 Å². The van der Waals surface area contributed by atoms with E-state index >= 15 is 0 Å².